The number of fused-ring (bicyclic) bond motifs is 3. The maximum atomic E-state index is 13.2. The second-order valence-electron chi connectivity index (χ2n) is 7.21. The van der Waals surface area contributed by atoms with Gasteiger partial charge in [-0.05, 0) is 30.2 Å². The van der Waals surface area contributed by atoms with Gasteiger partial charge in [-0.3, -0.25) is 9.59 Å². The molecule has 30 heavy (non-hydrogen) atoms. The van der Waals surface area contributed by atoms with Crippen molar-refractivity contribution in [3.63, 3.8) is 0 Å². The third kappa shape index (κ3) is 3.32. The van der Waals surface area contributed by atoms with E-state index in [2.05, 4.69) is 10.4 Å². The fraction of sp³-hybridized carbons (Fsp3) is 0.261. The molecule has 0 radical (unpaired) electrons. The maximum absolute atomic E-state index is 13.2. The monoisotopic (exact) mass is 404 g/mol. The van der Waals surface area contributed by atoms with Crippen LogP contribution in [0, 0.1) is 0 Å². The minimum Gasteiger partial charge on any atom is -0.497 e. The summed E-state index contributed by atoms with van der Waals surface area (Å²) in [7, 11) is 3.24. The van der Waals surface area contributed by atoms with E-state index in [1.165, 1.54) is 4.68 Å². The van der Waals surface area contributed by atoms with E-state index in [0.717, 1.165) is 27.6 Å². The molecule has 2 aromatic heterocycles. The average Bonchev–Trinajstić information content (AvgIpc) is 3.11. The number of ether oxygens (including phenoxy) is 1. The Morgan fingerprint density at radius 2 is 1.87 bits per heavy atom. The highest BCUT2D eigenvalue weighted by Gasteiger charge is 2.25. The summed E-state index contributed by atoms with van der Waals surface area (Å²) in [5.41, 5.74) is 2.11. The Balaban J connectivity index is 1.73. The van der Waals surface area contributed by atoms with Gasteiger partial charge in [-0.25, -0.2) is 4.68 Å². The van der Waals surface area contributed by atoms with E-state index in [4.69, 9.17) is 4.74 Å². The summed E-state index contributed by atoms with van der Waals surface area (Å²) in [5, 5.41) is 8.86. The zero-order valence-electron chi connectivity index (χ0n) is 17.3. The predicted molar refractivity (Wildman–Crippen MR) is 117 cm³/mol. The number of para-hydroxylation sites is 1. The van der Waals surface area contributed by atoms with Crippen molar-refractivity contribution in [3.8, 4) is 5.75 Å². The molecule has 7 nitrogen and oxygen atoms in total. The number of carbonyl (C=O) groups excluding carboxylic acids is 1. The highest BCUT2D eigenvalue weighted by Crippen LogP contribution is 2.30. The molecule has 0 aliphatic rings. The van der Waals surface area contributed by atoms with Crippen molar-refractivity contribution in [2.75, 3.05) is 7.11 Å². The molecular weight excluding hydrogens is 380 g/mol. The molecule has 154 valence electrons. The van der Waals surface area contributed by atoms with Crippen LogP contribution in [0.5, 0.6) is 5.75 Å². The molecule has 0 spiro atoms. The Morgan fingerprint density at radius 1 is 1.13 bits per heavy atom. The summed E-state index contributed by atoms with van der Waals surface area (Å²) in [6.07, 6.45) is 2.24. The summed E-state index contributed by atoms with van der Waals surface area (Å²) in [5.74, 6) is 0.640. The molecule has 4 rings (SSSR count). The lowest BCUT2D eigenvalue weighted by Gasteiger charge is -2.19. The van der Waals surface area contributed by atoms with E-state index in [0.29, 0.717) is 18.5 Å². The summed E-state index contributed by atoms with van der Waals surface area (Å²) in [4.78, 5) is 26.1. The molecule has 7 heteroatoms. The van der Waals surface area contributed by atoms with Crippen molar-refractivity contribution >= 4 is 27.7 Å². The Bertz CT molecular complexity index is 1270. The smallest absolute Gasteiger partial charge is 0.291 e. The molecule has 0 saturated carbocycles. The van der Waals surface area contributed by atoms with E-state index in [1.807, 2.05) is 60.0 Å². The fourth-order valence-corrected chi connectivity index (χ4v) is 3.85. The Labute approximate surface area is 173 Å². The molecule has 0 saturated heterocycles. The molecule has 0 bridgehead atoms. The van der Waals surface area contributed by atoms with Gasteiger partial charge in [0.05, 0.1) is 18.8 Å². The highest BCUT2D eigenvalue weighted by molar-refractivity contribution is 6.08. The molecule has 1 N–H and O–H groups in total. The first-order valence-electron chi connectivity index (χ1n) is 9.90. The molecule has 0 fully saturated rings. The number of nitrogens with zero attached hydrogens (tertiary/aromatic N) is 3. The van der Waals surface area contributed by atoms with Crippen molar-refractivity contribution in [2.45, 2.75) is 25.9 Å². The lowest BCUT2D eigenvalue weighted by Crippen LogP contribution is -2.33. The van der Waals surface area contributed by atoms with E-state index in [-0.39, 0.29) is 11.5 Å². The lowest BCUT2D eigenvalue weighted by atomic mass is 10.1. The molecular formula is C23H24N4O3. The Kier molecular flexibility index (Phi) is 5.27. The van der Waals surface area contributed by atoms with Gasteiger partial charge < -0.3 is 14.6 Å². The van der Waals surface area contributed by atoms with Crippen LogP contribution >= 0.6 is 0 Å². The van der Waals surface area contributed by atoms with Crippen LogP contribution in [0.25, 0.3) is 21.8 Å². The first-order chi connectivity index (χ1) is 14.5. The zero-order chi connectivity index (χ0) is 21.3. The van der Waals surface area contributed by atoms with Crippen molar-refractivity contribution < 1.29 is 9.53 Å². The van der Waals surface area contributed by atoms with E-state index in [1.54, 1.807) is 20.4 Å². The number of nitrogens with one attached hydrogen (secondary N) is 1. The van der Waals surface area contributed by atoms with Crippen LogP contribution in [0.4, 0.5) is 0 Å². The minimum absolute atomic E-state index is 0.130. The van der Waals surface area contributed by atoms with Crippen LogP contribution in [0.3, 0.4) is 0 Å². The maximum Gasteiger partial charge on any atom is 0.291 e. The Hall–Kier alpha value is -3.61. The number of methoxy groups -OCH3 is 1. The number of carbonyl (C=O) groups is 1. The van der Waals surface area contributed by atoms with Gasteiger partial charge in [0.25, 0.3) is 5.56 Å². The molecule has 1 amide bonds. The third-order valence-electron chi connectivity index (χ3n) is 5.43. The fourth-order valence-electron chi connectivity index (χ4n) is 3.85. The topological polar surface area (TPSA) is 78.2 Å². The van der Waals surface area contributed by atoms with Gasteiger partial charge in [-0.1, -0.05) is 37.3 Å². The highest BCUT2D eigenvalue weighted by atomic mass is 16.5. The summed E-state index contributed by atoms with van der Waals surface area (Å²) >= 11 is 0. The summed E-state index contributed by atoms with van der Waals surface area (Å²) in [6.45, 7) is 2.35. The summed E-state index contributed by atoms with van der Waals surface area (Å²) in [6, 6.07) is 14.8. The second-order valence-corrected chi connectivity index (χ2v) is 7.21. The normalized spacial score (nSPS) is 12.2. The zero-order valence-corrected chi connectivity index (χ0v) is 17.3. The largest absolute Gasteiger partial charge is 0.497 e. The second kappa shape index (κ2) is 8.02. The SMILES string of the molecule is CC[C@@H](C(=O)NCc1ccc(OC)cc1)n1c2ccccc2c2cnn(C)c(=O)c21. The number of amides is 1. The number of rotatable bonds is 6. The van der Waals surface area contributed by atoms with Gasteiger partial charge in [0.15, 0.2) is 0 Å². The van der Waals surface area contributed by atoms with Gasteiger partial charge in [0.1, 0.15) is 17.3 Å². The number of hydrogen-bond acceptors (Lipinski definition) is 4. The van der Waals surface area contributed by atoms with Crippen LogP contribution in [-0.4, -0.2) is 27.4 Å². The molecule has 2 aromatic carbocycles. The van der Waals surface area contributed by atoms with Crippen LogP contribution in [0.2, 0.25) is 0 Å². The quantitative estimate of drug-likeness (QED) is 0.535. The first-order valence-corrected chi connectivity index (χ1v) is 9.90. The number of benzene rings is 2. The molecule has 0 aliphatic carbocycles. The van der Waals surface area contributed by atoms with Crippen molar-refractivity contribution in [3.05, 3.63) is 70.6 Å². The first kappa shape index (κ1) is 19.7. The predicted octanol–water partition coefficient (Wildman–Crippen LogP) is 3.16. The van der Waals surface area contributed by atoms with Crippen molar-refractivity contribution in [2.24, 2.45) is 7.05 Å². The number of aromatic nitrogens is 3. The third-order valence-corrected chi connectivity index (χ3v) is 5.43. The van der Waals surface area contributed by atoms with E-state index in [9.17, 15) is 9.59 Å². The van der Waals surface area contributed by atoms with Crippen LogP contribution in [0.15, 0.2) is 59.5 Å². The molecule has 1 atom stereocenters. The molecule has 2 heterocycles. The van der Waals surface area contributed by atoms with E-state index < -0.39 is 6.04 Å². The number of aryl methyl sites for hydroxylation is 1. The van der Waals surface area contributed by atoms with Crippen LogP contribution < -0.4 is 15.6 Å². The number of hydrogen-bond donors (Lipinski definition) is 1. The minimum atomic E-state index is -0.513. The Morgan fingerprint density at radius 3 is 2.57 bits per heavy atom. The van der Waals surface area contributed by atoms with E-state index >= 15 is 0 Å². The van der Waals surface area contributed by atoms with Gasteiger partial charge in [0, 0.05) is 24.4 Å². The molecule has 0 aliphatic heterocycles. The van der Waals surface area contributed by atoms with Crippen molar-refractivity contribution in [1.29, 1.82) is 0 Å². The van der Waals surface area contributed by atoms with Gasteiger partial charge in [0.2, 0.25) is 5.91 Å². The lowest BCUT2D eigenvalue weighted by molar-refractivity contribution is -0.124. The standard InChI is InChI=1S/C23H24N4O3/c1-4-19(22(28)24-13-15-9-11-16(30-3)12-10-15)27-20-8-6-5-7-17(20)18-14-25-26(2)23(29)21(18)27/h5-12,14,19H,4,13H2,1-3H3,(H,24,28)/t19-/m0/s1. The van der Waals surface area contributed by atoms with Crippen molar-refractivity contribution in [1.82, 2.24) is 19.7 Å². The molecule has 0 unspecified atom stereocenters. The van der Waals surface area contributed by atoms with Gasteiger partial charge in [-0.15, -0.1) is 0 Å². The molecule has 4 aromatic rings. The van der Waals surface area contributed by atoms with Gasteiger partial charge >= 0.3 is 0 Å². The average molecular weight is 404 g/mol. The van der Waals surface area contributed by atoms with Crippen LogP contribution in [0.1, 0.15) is 24.9 Å². The van der Waals surface area contributed by atoms with Crippen LogP contribution in [-0.2, 0) is 18.4 Å². The van der Waals surface area contributed by atoms with Gasteiger partial charge in [-0.2, -0.15) is 5.10 Å². The summed E-state index contributed by atoms with van der Waals surface area (Å²) < 4.78 is 8.34.